The standard InChI is InChI=1S/C19H26N2O3/c1-3-24-14-17(22)21-11-9-19(10-12-21)13-16(18(23)20(19)2)15-7-5-4-6-8-15/h4-8,16H,3,9-14H2,1-2H3/t16-/m0/s1. The maximum Gasteiger partial charge on any atom is 0.248 e. The molecule has 2 fully saturated rings. The Bertz CT molecular complexity index is 594. The molecule has 3 rings (SSSR count). The molecule has 0 aromatic heterocycles. The number of amides is 2. The van der Waals surface area contributed by atoms with Crippen LogP contribution in [-0.2, 0) is 14.3 Å². The molecule has 2 heterocycles. The SMILES string of the molecule is CCOCC(=O)N1CCC2(CC1)C[C@@H](c1ccccc1)C(=O)N2C. The lowest BCUT2D eigenvalue weighted by Crippen LogP contribution is -2.53. The van der Waals surface area contributed by atoms with Crippen LogP contribution in [0.5, 0.6) is 0 Å². The number of nitrogens with zero attached hydrogens (tertiary/aromatic N) is 2. The van der Waals surface area contributed by atoms with E-state index in [2.05, 4.69) is 0 Å². The number of likely N-dealkylation sites (N-methyl/N-ethyl adjacent to an activating group) is 1. The smallest absolute Gasteiger partial charge is 0.248 e. The first kappa shape index (κ1) is 17.0. The van der Waals surface area contributed by atoms with Gasteiger partial charge in [0.25, 0.3) is 0 Å². The number of hydrogen-bond donors (Lipinski definition) is 0. The van der Waals surface area contributed by atoms with Crippen LogP contribution in [0.25, 0.3) is 0 Å². The average Bonchev–Trinajstić information content (AvgIpc) is 2.86. The fourth-order valence-corrected chi connectivity index (χ4v) is 4.01. The number of carbonyl (C=O) groups excluding carboxylic acids is 2. The zero-order valence-corrected chi connectivity index (χ0v) is 14.5. The second kappa shape index (κ2) is 6.93. The summed E-state index contributed by atoms with van der Waals surface area (Å²) in [6.45, 7) is 4.00. The Morgan fingerprint density at radius 2 is 1.92 bits per heavy atom. The van der Waals surface area contributed by atoms with Crippen molar-refractivity contribution in [2.75, 3.05) is 33.4 Å². The zero-order valence-electron chi connectivity index (χ0n) is 14.5. The highest BCUT2D eigenvalue weighted by molar-refractivity contribution is 5.87. The van der Waals surface area contributed by atoms with Crippen LogP contribution in [0.4, 0.5) is 0 Å². The minimum absolute atomic E-state index is 0.0538. The number of rotatable bonds is 4. The third kappa shape index (κ3) is 3.05. The van der Waals surface area contributed by atoms with E-state index in [1.807, 2.05) is 54.1 Å². The molecular weight excluding hydrogens is 304 g/mol. The molecule has 1 aromatic carbocycles. The van der Waals surface area contributed by atoms with Gasteiger partial charge in [0.1, 0.15) is 6.61 Å². The molecular formula is C19H26N2O3. The van der Waals surface area contributed by atoms with E-state index in [9.17, 15) is 9.59 Å². The molecule has 1 spiro atoms. The molecule has 5 nitrogen and oxygen atoms in total. The molecule has 2 saturated heterocycles. The largest absolute Gasteiger partial charge is 0.372 e. The summed E-state index contributed by atoms with van der Waals surface area (Å²) in [7, 11) is 1.92. The number of hydrogen-bond acceptors (Lipinski definition) is 3. The lowest BCUT2D eigenvalue weighted by molar-refractivity contribution is -0.139. The third-order valence-corrected chi connectivity index (χ3v) is 5.60. The molecule has 0 unspecified atom stereocenters. The first-order valence-electron chi connectivity index (χ1n) is 8.75. The van der Waals surface area contributed by atoms with Gasteiger partial charge in [0.05, 0.1) is 5.92 Å². The van der Waals surface area contributed by atoms with Gasteiger partial charge in [-0.1, -0.05) is 30.3 Å². The van der Waals surface area contributed by atoms with Crippen molar-refractivity contribution >= 4 is 11.8 Å². The van der Waals surface area contributed by atoms with Gasteiger partial charge in [0, 0.05) is 32.3 Å². The monoisotopic (exact) mass is 330 g/mol. The molecule has 0 N–H and O–H groups in total. The van der Waals surface area contributed by atoms with Crippen molar-refractivity contribution in [2.45, 2.75) is 37.6 Å². The van der Waals surface area contributed by atoms with E-state index >= 15 is 0 Å². The van der Waals surface area contributed by atoms with E-state index in [1.54, 1.807) is 0 Å². The highest BCUT2D eigenvalue weighted by Crippen LogP contribution is 2.44. The molecule has 2 aliphatic heterocycles. The van der Waals surface area contributed by atoms with Gasteiger partial charge < -0.3 is 14.5 Å². The van der Waals surface area contributed by atoms with Crippen LogP contribution in [0.15, 0.2) is 30.3 Å². The lowest BCUT2D eigenvalue weighted by Gasteiger charge is -2.43. The Balaban J connectivity index is 1.67. The van der Waals surface area contributed by atoms with E-state index < -0.39 is 0 Å². The van der Waals surface area contributed by atoms with Gasteiger partial charge in [-0.2, -0.15) is 0 Å². The van der Waals surface area contributed by atoms with Crippen LogP contribution >= 0.6 is 0 Å². The summed E-state index contributed by atoms with van der Waals surface area (Å²) in [5.74, 6) is 0.204. The van der Waals surface area contributed by atoms with E-state index in [1.165, 1.54) is 0 Å². The van der Waals surface area contributed by atoms with Crippen molar-refractivity contribution in [3.8, 4) is 0 Å². The topological polar surface area (TPSA) is 49.9 Å². The van der Waals surface area contributed by atoms with Crippen molar-refractivity contribution in [1.29, 1.82) is 0 Å². The normalized spacial score (nSPS) is 23.1. The van der Waals surface area contributed by atoms with E-state index in [0.29, 0.717) is 19.7 Å². The maximum atomic E-state index is 12.8. The summed E-state index contributed by atoms with van der Waals surface area (Å²) < 4.78 is 5.22. The van der Waals surface area contributed by atoms with Crippen LogP contribution in [0.1, 0.15) is 37.7 Å². The zero-order chi connectivity index (χ0) is 17.2. The maximum absolute atomic E-state index is 12.8. The average molecular weight is 330 g/mol. The van der Waals surface area contributed by atoms with Crippen LogP contribution < -0.4 is 0 Å². The molecule has 2 amide bonds. The Hall–Kier alpha value is -1.88. The first-order chi connectivity index (χ1) is 11.6. The third-order valence-electron chi connectivity index (χ3n) is 5.60. The number of likely N-dealkylation sites (tertiary alicyclic amines) is 2. The van der Waals surface area contributed by atoms with Gasteiger partial charge in [-0.3, -0.25) is 9.59 Å². The summed E-state index contributed by atoms with van der Waals surface area (Å²) in [6.07, 6.45) is 2.53. The predicted octanol–water partition coefficient (Wildman–Crippen LogP) is 2.03. The van der Waals surface area contributed by atoms with Crippen molar-refractivity contribution in [1.82, 2.24) is 9.80 Å². The highest BCUT2D eigenvalue weighted by atomic mass is 16.5. The summed E-state index contributed by atoms with van der Waals surface area (Å²) in [4.78, 5) is 28.7. The first-order valence-corrected chi connectivity index (χ1v) is 8.75. The van der Waals surface area contributed by atoms with Gasteiger partial charge >= 0.3 is 0 Å². The van der Waals surface area contributed by atoms with E-state index in [0.717, 1.165) is 24.8 Å². The lowest BCUT2D eigenvalue weighted by atomic mass is 9.81. The minimum Gasteiger partial charge on any atom is -0.372 e. The molecule has 1 aromatic rings. The quantitative estimate of drug-likeness (QED) is 0.849. The number of benzene rings is 1. The molecule has 130 valence electrons. The fourth-order valence-electron chi connectivity index (χ4n) is 4.01. The molecule has 2 aliphatic rings. The van der Waals surface area contributed by atoms with Crippen LogP contribution in [0, 0.1) is 0 Å². The Kier molecular flexibility index (Phi) is 4.90. The van der Waals surface area contributed by atoms with Crippen molar-refractivity contribution in [3.63, 3.8) is 0 Å². The molecule has 1 atom stereocenters. The minimum atomic E-state index is -0.111. The van der Waals surface area contributed by atoms with Gasteiger partial charge in [-0.05, 0) is 31.7 Å². The number of carbonyl (C=O) groups is 2. The molecule has 5 heteroatoms. The van der Waals surface area contributed by atoms with Gasteiger partial charge in [-0.15, -0.1) is 0 Å². The molecule has 0 radical (unpaired) electrons. The second-order valence-electron chi connectivity index (χ2n) is 6.81. The van der Waals surface area contributed by atoms with Crippen molar-refractivity contribution in [3.05, 3.63) is 35.9 Å². The highest BCUT2D eigenvalue weighted by Gasteiger charge is 2.50. The number of piperidine rings is 1. The summed E-state index contributed by atoms with van der Waals surface area (Å²) in [6, 6.07) is 10.0. The van der Waals surface area contributed by atoms with Crippen LogP contribution in [-0.4, -0.2) is 60.5 Å². The second-order valence-corrected chi connectivity index (χ2v) is 6.81. The summed E-state index contributed by atoms with van der Waals surface area (Å²) in [5, 5.41) is 0. The number of ether oxygens (including phenoxy) is 1. The molecule has 0 aliphatic carbocycles. The fraction of sp³-hybridized carbons (Fsp3) is 0.579. The Labute approximate surface area is 143 Å². The van der Waals surface area contributed by atoms with Crippen LogP contribution in [0.3, 0.4) is 0 Å². The van der Waals surface area contributed by atoms with E-state index in [4.69, 9.17) is 4.74 Å². The van der Waals surface area contributed by atoms with Crippen molar-refractivity contribution < 1.29 is 14.3 Å². The molecule has 0 saturated carbocycles. The predicted molar refractivity (Wildman–Crippen MR) is 91.6 cm³/mol. The Morgan fingerprint density at radius 1 is 1.25 bits per heavy atom. The summed E-state index contributed by atoms with van der Waals surface area (Å²) in [5.41, 5.74) is 0.987. The van der Waals surface area contributed by atoms with Gasteiger partial charge in [0.2, 0.25) is 11.8 Å². The molecule has 0 bridgehead atoms. The van der Waals surface area contributed by atoms with Crippen molar-refractivity contribution in [2.24, 2.45) is 0 Å². The summed E-state index contributed by atoms with van der Waals surface area (Å²) >= 11 is 0. The van der Waals surface area contributed by atoms with Gasteiger partial charge in [-0.25, -0.2) is 0 Å². The van der Waals surface area contributed by atoms with Gasteiger partial charge in [0.15, 0.2) is 0 Å². The van der Waals surface area contributed by atoms with Crippen LogP contribution in [0.2, 0.25) is 0 Å². The Morgan fingerprint density at radius 3 is 2.54 bits per heavy atom. The molecule has 24 heavy (non-hydrogen) atoms. The van der Waals surface area contributed by atoms with E-state index in [-0.39, 0.29) is 29.9 Å².